The monoisotopic (exact) mass is 493 g/mol. The van der Waals surface area contributed by atoms with E-state index in [1.807, 2.05) is 13.8 Å². The number of carboxylic acid groups (broad SMARTS) is 1. The maximum absolute atomic E-state index is 13.2. The minimum Gasteiger partial charge on any atom is -0.478 e. The molecule has 0 atom stereocenters. The third-order valence-corrected chi connectivity index (χ3v) is 7.42. The average molecular weight is 494 g/mol. The number of hydrogen-bond donors (Lipinski definition) is 4. The smallest absolute Gasteiger partial charge is 0.335 e. The molecule has 33 heavy (non-hydrogen) atoms. The van der Waals surface area contributed by atoms with Crippen LogP contribution in [0.1, 0.15) is 56.8 Å². The molecular formula is C23H31N3O5S2. The lowest BCUT2D eigenvalue weighted by atomic mass is 10.2. The SMILES string of the molecule is CCCCNc1cc(C(=O)O)cc(S(=O)(=O)NCCCC)c1Sc1ccc(NC(C)=O)cc1. The van der Waals surface area contributed by atoms with Gasteiger partial charge in [-0.3, -0.25) is 4.79 Å². The van der Waals surface area contributed by atoms with E-state index < -0.39 is 16.0 Å². The Labute approximate surface area is 199 Å². The van der Waals surface area contributed by atoms with E-state index in [-0.39, 0.29) is 22.9 Å². The van der Waals surface area contributed by atoms with Crippen LogP contribution in [0.15, 0.2) is 51.1 Å². The van der Waals surface area contributed by atoms with E-state index in [9.17, 15) is 23.1 Å². The van der Waals surface area contributed by atoms with Crippen molar-refractivity contribution in [2.24, 2.45) is 0 Å². The summed E-state index contributed by atoms with van der Waals surface area (Å²) in [6.45, 7) is 6.27. The molecule has 0 saturated carbocycles. The molecule has 0 fully saturated rings. The van der Waals surface area contributed by atoms with E-state index >= 15 is 0 Å². The Kier molecular flexibility index (Phi) is 10.2. The van der Waals surface area contributed by atoms with Gasteiger partial charge < -0.3 is 15.7 Å². The lowest BCUT2D eigenvalue weighted by molar-refractivity contribution is -0.114. The molecule has 0 aliphatic carbocycles. The van der Waals surface area contributed by atoms with Crippen molar-refractivity contribution in [1.29, 1.82) is 0 Å². The Morgan fingerprint density at radius 2 is 1.64 bits per heavy atom. The van der Waals surface area contributed by atoms with Gasteiger partial charge in [0.15, 0.2) is 0 Å². The number of unbranched alkanes of at least 4 members (excludes halogenated alkanes) is 2. The third-order valence-electron chi connectivity index (χ3n) is 4.65. The first-order chi connectivity index (χ1) is 15.7. The Morgan fingerprint density at radius 3 is 2.21 bits per heavy atom. The van der Waals surface area contributed by atoms with Gasteiger partial charge in [-0.1, -0.05) is 38.5 Å². The van der Waals surface area contributed by atoms with Crippen molar-refractivity contribution in [2.75, 3.05) is 23.7 Å². The summed E-state index contributed by atoms with van der Waals surface area (Å²) in [5, 5.41) is 15.5. The summed E-state index contributed by atoms with van der Waals surface area (Å²) in [6.07, 6.45) is 3.28. The molecule has 2 rings (SSSR count). The summed E-state index contributed by atoms with van der Waals surface area (Å²) < 4.78 is 28.9. The first-order valence-electron chi connectivity index (χ1n) is 10.9. The van der Waals surface area contributed by atoms with Crippen molar-refractivity contribution in [2.45, 2.75) is 61.1 Å². The van der Waals surface area contributed by atoms with Crippen molar-refractivity contribution in [3.8, 4) is 0 Å². The predicted octanol–water partition coefficient (Wildman–Crippen LogP) is 4.78. The van der Waals surface area contributed by atoms with Crippen LogP contribution < -0.4 is 15.4 Å². The maximum Gasteiger partial charge on any atom is 0.335 e. The van der Waals surface area contributed by atoms with Crippen LogP contribution in [0.25, 0.3) is 0 Å². The van der Waals surface area contributed by atoms with Crippen molar-refractivity contribution in [3.63, 3.8) is 0 Å². The zero-order valence-corrected chi connectivity index (χ0v) is 20.7. The molecule has 0 radical (unpaired) electrons. The second-order valence-electron chi connectivity index (χ2n) is 7.50. The van der Waals surface area contributed by atoms with E-state index in [0.29, 0.717) is 29.2 Å². The number of benzene rings is 2. The number of hydrogen-bond acceptors (Lipinski definition) is 6. The van der Waals surface area contributed by atoms with Gasteiger partial charge in [-0.05, 0) is 49.2 Å². The summed E-state index contributed by atoms with van der Waals surface area (Å²) in [5.74, 6) is -1.39. The number of carbonyl (C=O) groups excluding carboxylic acids is 1. The standard InChI is InChI=1S/C23H31N3O5S2/c1-4-6-12-24-20-14-17(23(28)29)15-21(33(30,31)25-13-7-5-2)22(20)32-19-10-8-18(9-11-19)26-16(3)27/h8-11,14-15,24-25H,4-7,12-13H2,1-3H3,(H,26,27)(H,28,29). The van der Waals surface area contributed by atoms with Gasteiger partial charge in [-0.15, -0.1) is 0 Å². The van der Waals surface area contributed by atoms with Crippen LogP contribution in [-0.2, 0) is 14.8 Å². The molecular weight excluding hydrogens is 462 g/mol. The normalized spacial score (nSPS) is 11.2. The molecule has 0 unspecified atom stereocenters. The summed E-state index contributed by atoms with van der Waals surface area (Å²) >= 11 is 1.23. The highest BCUT2D eigenvalue weighted by Crippen LogP contribution is 2.40. The Morgan fingerprint density at radius 1 is 1.00 bits per heavy atom. The van der Waals surface area contributed by atoms with E-state index in [1.54, 1.807) is 24.3 Å². The van der Waals surface area contributed by atoms with Crippen LogP contribution >= 0.6 is 11.8 Å². The van der Waals surface area contributed by atoms with Crippen LogP contribution in [-0.4, -0.2) is 38.5 Å². The number of carbonyl (C=O) groups is 2. The fraction of sp³-hybridized carbons (Fsp3) is 0.391. The second-order valence-corrected chi connectivity index (χ2v) is 10.3. The molecule has 0 saturated heterocycles. The van der Waals surface area contributed by atoms with Crippen molar-refractivity contribution in [1.82, 2.24) is 4.72 Å². The Hall–Kier alpha value is -2.56. The van der Waals surface area contributed by atoms with Gasteiger partial charge in [0.1, 0.15) is 0 Å². The number of sulfonamides is 1. The molecule has 2 aromatic carbocycles. The largest absolute Gasteiger partial charge is 0.478 e. The minimum absolute atomic E-state index is 0.0755. The van der Waals surface area contributed by atoms with Crippen molar-refractivity contribution >= 4 is 45.0 Å². The van der Waals surface area contributed by atoms with E-state index in [0.717, 1.165) is 24.2 Å². The van der Waals surface area contributed by atoms with Crippen LogP contribution in [0, 0.1) is 0 Å². The second kappa shape index (κ2) is 12.6. The Balaban J connectivity index is 2.55. The van der Waals surface area contributed by atoms with E-state index in [1.165, 1.54) is 30.8 Å². The molecule has 8 nitrogen and oxygen atoms in total. The molecule has 180 valence electrons. The highest BCUT2D eigenvalue weighted by molar-refractivity contribution is 8.00. The van der Waals surface area contributed by atoms with Crippen LogP contribution in [0.3, 0.4) is 0 Å². The molecule has 4 N–H and O–H groups in total. The summed E-state index contributed by atoms with van der Waals surface area (Å²) in [6, 6.07) is 9.68. The van der Waals surface area contributed by atoms with Crippen molar-refractivity contribution < 1.29 is 23.1 Å². The molecule has 2 aromatic rings. The molecule has 10 heteroatoms. The van der Waals surface area contributed by atoms with E-state index in [2.05, 4.69) is 15.4 Å². The number of nitrogens with one attached hydrogen (secondary N) is 3. The lowest BCUT2D eigenvalue weighted by Crippen LogP contribution is -2.26. The average Bonchev–Trinajstić information content (AvgIpc) is 2.75. The molecule has 0 spiro atoms. The maximum atomic E-state index is 13.2. The molecule has 0 bridgehead atoms. The minimum atomic E-state index is -3.95. The summed E-state index contributed by atoms with van der Waals surface area (Å²) in [4.78, 5) is 24.1. The summed E-state index contributed by atoms with van der Waals surface area (Å²) in [7, 11) is -3.95. The number of anilines is 2. The van der Waals surface area contributed by atoms with Gasteiger partial charge >= 0.3 is 5.97 Å². The first-order valence-corrected chi connectivity index (χ1v) is 13.2. The summed E-state index contributed by atoms with van der Waals surface area (Å²) in [5.41, 5.74) is 0.980. The van der Waals surface area contributed by atoms with Crippen molar-refractivity contribution in [3.05, 3.63) is 42.0 Å². The van der Waals surface area contributed by atoms with E-state index in [4.69, 9.17) is 0 Å². The zero-order valence-electron chi connectivity index (χ0n) is 19.1. The number of amides is 1. The van der Waals surface area contributed by atoms with Gasteiger partial charge in [0.25, 0.3) is 0 Å². The number of carboxylic acids is 1. The van der Waals surface area contributed by atoms with Gasteiger partial charge in [0, 0.05) is 30.6 Å². The van der Waals surface area contributed by atoms with Gasteiger partial charge in [0.2, 0.25) is 15.9 Å². The van der Waals surface area contributed by atoms with Crippen LogP contribution in [0.5, 0.6) is 0 Å². The quantitative estimate of drug-likeness (QED) is 0.296. The molecule has 0 aromatic heterocycles. The van der Waals surface area contributed by atoms with Gasteiger partial charge in [-0.25, -0.2) is 17.9 Å². The number of aromatic carboxylic acids is 1. The van der Waals surface area contributed by atoms with Crippen LogP contribution in [0.2, 0.25) is 0 Å². The topological polar surface area (TPSA) is 125 Å². The Bertz CT molecular complexity index is 1070. The lowest BCUT2D eigenvalue weighted by Gasteiger charge is -2.18. The zero-order chi connectivity index (χ0) is 24.4. The molecule has 0 heterocycles. The van der Waals surface area contributed by atoms with Gasteiger partial charge in [-0.2, -0.15) is 0 Å². The molecule has 0 aliphatic heterocycles. The fourth-order valence-corrected chi connectivity index (χ4v) is 5.52. The van der Waals surface area contributed by atoms with Gasteiger partial charge in [0.05, 0.1) is 21.0 Å². The molecule has 0 aliphatic rings. The highest BCUT2D eigenvalue weighted by atomic mass is 32.2. The molecule has 1 amide bonds. The third kappa shape index (κ3) is 8.06. The fourth-order valence-electron chi connectivity index (χ4n) is 2.95. The van der Waals surface area contributed by atoms with Crippen LogP contribution in [0.4, 0.5) is 11.4 Å². The predicted molar refractivity (Wildman–Crippen MR) is 132 cm³/mol. The first kappa shape index (κ1) is 26.7. The number of rotatable bonds is 13. The highest BCUT2D eigenvalue weighted by Gasteiger charge is 2.24.